The number of rotatable bonds is 5. The summed E-state index contributed by atoms with van der Waals surface area (Å²) in [5, 5.41) is 12.8. The highest BCUT2D eigenvalue weighted by molar-refractivity contribution is 7.87. The van der Waals surface area contributed by atoms with E-state index >= 15 is 0 Å². The first kappa shape index (κ1) is 14.4. The predicted octanol–water partition coefficient (Wildman–Crippen LogP) is 1.02. The van der Waals surface area contributed by atoms with Crippen LogP contribution in [-0.2, 0) is 21.5 Å². The molecule has 0 radical (unpaired) electrons. The molecule has 0 bridgehead atoms. The van der Waals surface area contributed by atoms with Gasteiger partial charge in [0, 0.05) is 13.1 Å². The fraction of sp³-hybridized carbons (Fsp3) is 0.545. The lowest BCUT2D eigenvalue weighted by Gasteiger charge is -2.31. The molecule has 1 saturated heterocycles. The van der Waals surface area contributed by atoms with Crippen molar-refractivity contribution in [3.05, 3.63) is 22.4 Å². The normalized spacial score (nSPS) is 21.4. The summed E-state index contributed by atoms with van der Waals surface area (Å²) in [6, 6.07) is 0.881. The summed E-state index contributed by atoms with van der Waals surface area (Å²) in [6.45, 7) is 0.449. The molecule has 1 aromatic rings. The quantitative estimate of drug-likeness (QED) is 0.850. The van der Waals surface area contributed by atoms with E-state index in [1.54, 1.807) is 0 Å². The van der Waals surface area contributed by atoms with E-state index in [-0.39, 0.29) is 13.1 Å². The van der Waals surface area contributed by atoms with Gasteiger partial charge in [0.1, 0.15) is 6.04 Å². The molecule has 8 heteroatoms. The van der Waals surface area contributed by atoms with Crippen LogP contribution in [0.25, 0.3) is 0 Å². The molecule has 0 amide bonds. The Labute approximate surface area is 116 Å². The molecule has 1 aromatic heterocycles. The molecule has 19 heavy (non-hydrogen) atoms. The average molecular weight is 304 g/mol. The van der Waals surface area contributed by atoms with Crippen molar-refractivity contribution in [2.75, 3.05) is 6.54 Å². The lowest BCUT2D eigenvalue weighted by atomic mass is 10.1. The van der Waals surface area contributed by atoms with E-state index in [0.29, 0.717) is 12.8 Å². The van der Waals surface area contributed by atoms with Gasteiger partial charge in [-0.25, -0.2) is 0 Å². The van der Waals surface area contributed by atoms with Crippen molar-refractivity contribution >= 4 is 27.5 Å². The molecule has 1 aliphatic rings. The first-order valence-electron chi connectivity index (χ1n) is 6.01. The van der Waals surface area contributed by atoms with Crippen molar-refractivity contribution in [1.29, 1.82) is 0 Å². The standard InChI is InChI=1S/C11H16N2O4S2/c14-11(15)10-3-1-2-5-13(10)19(16,17)12-7-9-4-6-18-8-9/h4,6,8,10,12H,1-3,5,7H2,(H,14,15). The van der Waals surface area contributed by atoms with Gasteiger partial charge in [0.2, 0.25) is 0 Å². The number of carboxylic acids is 1. The Balaban J connectivity index is 2.06. The molecule has 1 aliphatic heterocycles. The second-order valence-electron chi connectivity index (χ2n) is 4.42. The summed E-state index contributed by atoms with van der Waals surface area (Å²) in [7, 11) is -3.75. The first-order valence-corrected chi connectivity index (χ1v) is 8.39. The number of carbonyl (C=O) groups is 1. The molecular formula is C11H16N2O4S2. The Hall–Kier alpha value is -0.960. The zero-order chi connectivity index (χ0) is 13.9. The molecule has 1 fully saturated rings. The molecule has 2 N–H and O–H groups in total. The predicted molar refractivity (Wildman–Crippen MR) is 72.1 cm³/mol. The van der Waals surface area contributed by atoms with Gasteiger partial charge in [0.15, 0.2) is 0 Å². The highest BCUT2D eigenvalue weighted by atomic mass is 32.2. The Kier molecular flexibility index (Phi) is 4.56. The minimum absolute atomic E-state index is 0.189. The summed E-state index contributed by atoms with van der Waals surface area (Å²) in [6.07, 6.45) is 1.81. The molecule has 106 valence electrons. The average Bonchev–Trinajstić information content (AvgIpc) is 2.89. The maximum Gasteiger partial charge on any atom is 0.322 e. The monoisotopic (exact) mass is 304 g/mol. The fourth-order valence-corrected chi connectivity index (χ4v) is 4.17. The highest BCUT2D eigenvalue weighted by Crippen LogP contribution is 2.20. The molecule has 2 rings (SSSR count). The lowest BCUT2D eigenvalue weighted by molar-refractivity contribution is -0.142. The van der Waals surface area contributed by atoms with Crippen LogP contribution >= 0.6 is 11.3 Å². The SMILES string of the molecule is O=C(O)C1CCCCN1S(=O)(=O)NCc1ccsc1. The Morgan fingerprint density at radius 2 is 2.32 bits per heavy atom. The van der Waals surface area contributed by atoms with Crippen molar-refractivity contribution in [3.8, 4) is 0 Å². The third-order valence-corrected chi connectivity index (χ3v) is 5.38. The van der Waals surface area contributed by atoms with Crippen LogP contribution in [0.1, 0.15) is 24.8 Å². The third-order valence-electron chi connectivity index (χ3n) is 3.09. The molecule has 1 unspecified atom stereocenters. The summed E-state index contributed by atoms with van der Waals surface area (Å²) >= 11 is 1.49. The minimum atomic E-state index is -3.75. The van der Waals surface area contributed by atoms with Crippen molar-refractivity contribution in [3.63, 3.8) is 0 Å². The van der Waals surface area contributed by atoms with Gasteiger partial charge in [-0.3, -0.25) is 4.79 Å². The zero-order valence-corrected chi connectivity index (χ0v) is 11.9. The van der Waals surface area contributed by atoms with E-state index in [2.05, 4.69) is 4.72 Å². The van der Waals surface area contributed by atoms with Gasteiger partial charge in [0.05, 0.1) is 0 Å². The van der Waals surface area contributed by atoms with Crippen molar-refractivity contribution in [2.45, 2.75) is 31.8 Å². The van der Waals surface area contributed by atoms with Gasteiger partial charge in [0.25, 0.3) is 10.2 Å². The van der Waals surface area contributed by atoms with Gasteiger partial charge in [-0.2, -0.15) is 28.8 Å². The second-order valence-corrected chi connectivity index (χ2v) is 6.91. The molecular weight excluding hydrogens is 288 g/mol. The van der Waals surface area contributed by atoms with Crippen molar-refractivity contribution in [2.24, 2.45) is 0 Å². The number of aliphatic carboxylic acids is 1. The van der Waals surface area contributed by atoms with Crippen LogP contribution in [-0.4, -0.2) is 36.4 Å². The summed E-state index contributed by atoms with van der Waals surface area (Å²) in [5.74, 6) is -1.08. The van der Waals surface area contributed by atoms with E-state index < -0.39 is 22.2 Å². The van der Waals surface area contributed by atoms with Gasteiger partial charge in [-0.15, -0.1) is 0 Å². The third kappa shape index (κ3) is 3.53. The molecule has 0 saturated carbocycles. The van der Waals surface area contributed by atoms with E-state index in [4.69, 9.17) is 5.11 Å². The van der Waals surface area contributed by atoms with Crippen molar-refractivity contribution in [1.82, 2.24) is 9.03 Å². The molecule has 0 spiro atoms. The van der Waals surface area contributed by atoms with Crippen LogP contribution < -0.4 is 4.72 Å². The number of hydrogen-bond donors (Lipinski definition) is 2. The van der Waals surface area contributed by atoms with Gasteiger partial charge in [-0.05, 0) is 41.7 Å². The van der Waals surface area contributed by atoms with E-state index in [1.807, 2.05) is 16.8 Å². The maximum absolute atomic E-state index is 12.2. The summed E-state index contributed by atoms with van der Waals surface area (Å²) in [4.78, 5) is 11.1. The molecule has 6 nitrogen and oxygen atoms in total. The largest absolute Gasteiger partial charge is 0.480 e. The minimum Gasteiger partial charge on any atom is -0.480 e. The smallest absolute Gasteiger partial charge is 0.322 e. The molecule has 1 atom stereocenters. The molecule has 2 heterocycles. The van der Waals surface area contributed by atoms with Crippen LogP contribution in [0.3, 0.4) is 0 Å². The number of hydrogen-bond acceptors (Lipinski definition) is 4. The lowest BCUT2D eigenvalue weighted by Crippen LogP contribution is -2.51. The molecule has 0 aliphatic carbocycles. The van der Waals surface area contributed by atoms with Crippen LogP contribution in [0.5, 0.6) is 0 Å². The van der Waals surface area contributed by atoms with Gasteiger partial charge in [-0.1, -0.05) is 0 Å². The molecule has 0 aromatic carbocycles. The number of thiophene rings is 1. The van der Waals surface area contributed by atoms with E-state index in [9.17, 15) is 13.2 Å². The van der Waals surface area contributed by atoms with Crippen LogP contribution in [0.15, 0.2) is 16.8 Å². The maximum atomic E-state index is 12.2. The van der Waals surface area contributed by atoms with Gasteiger partial charge < -0.3 is 5.11 Å². The number of nitrogens with zero attached hydrogens (tertiary/aromatic N) is 1. The van der Waals surface area contributed by atoms with E-state index in [0.717, 1.165) is 16.3 Å². The Morgan fingerprint density at radius 3 is 2.95 bits per heavy atom. The van der Waals surface area contributed by atoms with Crippen LogP contribution in [0, 0.1) is 0 Å². The zero-order valence-electron chi connectivity index (χ0n) is 10.3. The number of carboxylic acid groups (broad SMARTS) is 1. The summed E-state index contributed by atoms with van der Waals surface area (Å²) < 4.78 is 27.8. The fourth-order valence-electron chi connectivity index (χ4n) is 2.09. The van der Waals surface area contributed by atoms with E-state index in [1.165, 1.54) is 11.3 Å². The topological polar surface area (TPSA) is 86.7 Å². The van der Waals surface area contributed by atoms with Gasteiger partial charge >= 0.3 is 5.97 Å². The Morgan fingerprint density at radius 1 is 1.53 bits per heavy atom. The van der Waals surface area contributed by atoms with Crippen molar-refractivity contribution < 1.29 is 18.3 Å². The summed E-state index contributed by atoms with van der Waals surface area (Å²) in [5.41, 5.74) is 0.873. The number of nitrogens with one attached hydrogen (secondary N) is 1. The number of piperidine rings is 1. The second kappa shape index (κ2) is 6.00. The van der Waals surface area contributed by atoms with Crippen LogP contribution in [0.2, 0.25) is 0 Å². The van der Waals surface area contributed by atoms with Crippen LogP contribution in [0.4, 0.5) is 0 Å². The first-order chi connectivity index (χ1) is 9.00. The Bertz CT molecular complexity index is 527. The highest BCUT2D eigenvalue weighted by Gasteiger charge is 2.36.